The van der Waals surface area contributed by atoms with Gasteiger partial charge in [0, 0.05) is 25.4 Å². The van der Waals surface area contributed by atoms with E-state index in [1.54, 1.807) is 25.1 Å². The highest BCUT2D eigenvalue weighted by molar-refractivity contribution is 6.05. The molecule has 2 N–H and O–H groups in total. The molecule has 3 aliphatic heterocycles. The van der Waals surface area contributed by atoms with Gasteiger partial charge < -0.3 is 24.4 Å². The van der Waals surface area contributed by atoms with E-state index in [-0.39, 0.29) is 36.1 Å². The number of anilines is 3. The molecule has 5 heterocycles. The molecule has 2 aromatic rings. The van der Waals surface area contributed by atoms with Gasteiger partial charge in [-0.3, -0.25) is 15.0 Å². The number of hydrogen-bond donors (Lipinski definition) is 2. The number of nitrogens with zero attached hydrogens (tertiary/aromatic N) is 4. The number of ether oxygens (including phenoxy) is 3. The molecule has 1 unspecified atom stereocenters. The maximum Gasteiger partial charge on any atom is 0.408 e. The molecule has 2 fully saturated rings. The summed E-state index contributed by atoms with van der Waals surface area (Å²) in [4.78, 5) is 38.4. The zero-order valence-electron chi connectivity index (χ0n) is 22.5. The first-order valence-corrected chi connectivity index (χ1v) is 13.0. The van der Waals surface area contributed by atoms with Crippen LogP contribution in [0.1, 0.15) is 43.2 Å². The van der Waals surface area contributed by atoms with Crippen molar-refractivity contribution in [1.82, 2.24) is 15.3 Å². The number of carbonyl (C=O) groups is 2. The largest absolute Gasteiger partial charge is 0.491 e. The first-order valence-electron chi connectivity index (χ1n) is 13.0. The Hall–Kier alpha value is -3.65. The first-order chi connectivity index (χ1) is 18.8. The molecule has 2 aromatic heterocycles. The second-order valence-corrected chi connectivity index (χ2v) is 10.6. The van der Waals surface area contributed by atoms with Crippen molar-refractivity contribution in [3.05, 3.63) is 35.7 Å². The number of aryl methyl sites for hydroxylation is 1. The van der Waals surface area contributed by atoms with Crippen LogP contribution in [0.25, 0.3) is 0 Å². The number of carbonyl (C=O) groups excluding carboxylic acids is 2. The van der Waals surface area contributed by atoms with Crippen LogP contribution >= 0.6 is 0 Å². The Morgan fingerprint density at radius 1 is 1.30 bits per heavy atom. The van der Waals surface area contributed by atoms with E-state index in [4.69, 9.17) is 14.2 Å². The van der Waals surface area contributed by atoms with Crippen LogP contribution in [0.4, 0.5) is 35.3 Å². The average Bonchev–Trinajstić information content (AvgIpc) is 3.45. The Morgan fingerprint density at radius 2 is 2.08 bits per heavy atom. The molecule has 3 aliphatic rings. The van der Waals surface area contributed by atoms with E-state index < -0.39 is 29.9 Å². The zero-order valence-corrected chi connectivity index (χ0v) is 22.5. The molecule has 216 valence electrons. The van der Waals surface area contributed by atoms with Crippen LogP contribution in [0.2, 0.25) is 0 Å². The maximum absolute atomic E-state index is 13.5. The fraction of sp³-hybridized carbons (Fsp3) is 0.538. The van der Waals surface area contributed by atoms with Crippen molar-refractivity contribution >= 4 is 29.3 Å². The molecule has 40 heavy (non-hydrogen) atoms. The molecule has 0 saturated carbocycles. The molecule has 2 bridgehead atoms. The van der Waals surface area contributed by atoms with Crippen LogP contribution in [-0.2, 0) is 9.47 Å². The molecule has 0 aliphatic carbocycles. The molecule has 5 rings (SSSR count). The lowest BCUT2D eigenvalue weighted by Gasteiger charge is -2.36. The fourth-order valence-corrected chi connectivity index (χ4v) is 4.96. The molecule has 3 atom stereocenters. The van der Waals surface area contributed by atoms with E-state index in [0.29, 0.717) is 43.1 Å². The van der Waals surface area contributed by atoms with Gasteiger partial charge in [0.15, 0.2) is 11.6 Å². The predicted octanol–water partition coefficient (Wildman–Crippen LogP) is 3.63. The minimum Gasteiger partial charge on any atom is -0.491 e. The minimum atomic E-state index is -4.60. The van der Waals surface area contributed by atoms with Crippen LogP contribution in [0, 0.1) is 6.92 Å². The summed E-state index contributed by atoms with van der Waals surface area (Å²) in [5.74, 6) is -0.732. The monoisotopic (exact) mass is 564 g/mol. The van der Waals surface area contributed by atoms with Gasteiger partial charge in [-0.05, 0) is 51.8 Å². The van der Waals surface area contributed by atoms with Crippen LogP contribution in [0.3, 0.4) is 0 Å². The van der Waals surface area contributed by atoms with Gasteiger partial charge in [-0.15, -0.1) is 0 Å². The number of urea groups is 1. The number of aromatic nitrogens is 2. The van der Waals surface area contributed by atoms with Gasteiger partial charge in [0.2, 0.25) is 0 Å². The summed E-state index contributed by atoms with van der Waals surface area (Å²) in [6, 6.07) is 2.08. The van der Waals surface area contributed by atoms with Gasteiger partial charge in [0.05, 0.1) is 18.3 Å². The van der Waals surface area contributed by atoms with Crippen molar-refractivity contribution in [2.45, 2.75) is 64.3 Å². The van der Waals surface area contributed by atoms with Crippen LogP contribution < -0.4 is 25.2 Å². The summed E-state index contributed by atoms with van der Waals surface area (Å²) in [6.45, 7) is 7.99. The lowest BCUT2D eigenvalue weighted by atomic mass is 10.1. The number of alkyl halides is 3. The van der Waals surface area contributed by atoms with E-state index in [1.165, 1.54) is 11.1 Å². The molecule has 3 amide bonds. The molecule has 2 saturated heterocycles. The fourth-order valence-electron chi connectivity index (χ4n) is 4.96. The number of nitrogens with one attached hydrogen (secondary N) is 2. The third-order valence-electron chi connectivity index (χ3n) is 7.01. The SMILES string of the molecule is Cc1cc2c(nc1C(=O)N[C@H](C)C(F)(F)F)N(C(=O)Nc1cc(OC[C@H]3COC(C)(C)O3)ccn1)C1CCN2C1. The summed E-state index contributed by atoms with van der Waals surface area (Å²) in [7, 11) is 0. The molecule has 11 nitrogen and oxygen atoms in total. The normalized spacial score (nSPS) is 22.1. The second-order valence-electron chi connectivity index (χ2n) is 10.6. The number of pyridine rings is 2. The third-order valence-corrected chi connectivity index (χ3v) is 7.01. The van der Waals surface area contributed by atoms with Crippen LogP contribution in [-0.4, -0.2) is 78.4 Å². The van der Waals surface area contributed by atoms with E-state index in [2.05, 4.69) is 15.3 Å². The average molecular weight is 565 g/mol. The molecular weight excluding hydrogens is 533 g/mol. The predicted molar refractivity (Wildman–Crippen MR) is 139 cm³/mol. The number of rotatable bonds is 6. The van der Waals surface area contributed by atoms with E-state index in [1.807, 2.05) is 24.1 Å². The maximum atomic E-state index is 13.5. The number of hydrogen-bond acceptors (Lipinski definition) is 8. The van der Waals surface area contributed by atoms with Crippen molar-refractivity contribution < 1.29 is 37.0 Å². The molecular formula is C26H31F3N6O5. The van der Waals surface area contributed by atoms with Gasteiger partial charge in [-0.2, -0.15) is 13.2 Å². The highest BCUT2D eigenvalue weighted by Crippen LogP contribution is 2.40. The van der Waals surface area contributed by atoms with Crippen LogP contribution in [0.15, 0.2) is 24.4 Å². The van der Waals surface area contributed by atoms with Crippen molar-refractivity contribution in [2.75, 3.05) is 41.4 Å². The third kappa shape index (κ3) is 5.77. The van der Waals surface area contributed by atoms with Gasteiger partial charge in [-0.25, -0.2) is 14.8 Å². The van der Waals surface area contributed by atoms with Gasteiger partial charge >= 0.3 is 12.2 Å². The zero-order chi connectivity index (χ0) is 28.8. The number of amides is 3. The summed E-state index contributed by atoms with van der Waals surface area (Å²) in [6.07, 6.45) is -2.69. The lowest BCUT2D eigenvalue weighted by molar-refractivity contribution is -0.149. The smallest absolute Gasteiger partial charge is 0.408 e. The summed E-state index contributed by atoms with van der Waals surface area (Å²) < 4.78 is 56.2. The Kier molecular flexibility index (Phi) is 7.25. The quantitative estimate of drug-likeness (QED) is 0.546. The molecule has 14 heteroatoms. The Balaban J connectivity index is 1.34. The van der Waals surface area contributed by atoms with Crippen LogP contribution in [0.5, 0.6) is 5.75 Å². The standard InChI is InChI=1S/C26H31F3N6O5/c1-14-9-19-22(33-21(14)23(36)31-15(2)26(27,28)29)35(16-6-8-34(19)11-16)24(37)32-20-10-17(5-7-30-20)38-12-18-13-39-25(3,4)40-18/h5,7,9-10,15-16,18H,6,8,11-13H2,1-4H3,(H,31,36)(H,30,32,37)/t15-,16?,18+/m1/s1. The van der Waals surface area contributed by atoms with E-state index in [0.717, 1.165) is 6.92 Å². The Bertz CT molecular complexity index is 1310. The minimum absolute atomic E-state index is 0.176. The first kappa shape index (κ1) is 27.9. The molecule has 0 radical (unpaired) electrons. The van der Waals surface area contributed by atoms with E-state index >= 15 is 0 Å². The topological polar surface area (TPSA) is 118 Å². The summed E-state index contributed by atoms with van der Waals surface area (Å²) in [5.41, 5.74) is 0.862. The number of halogens is 3. The van der Waals surface area contributed by atoms with Gasteiger partial charge in [0.1, 0.15) is 36.0 Å². The highest BCUT2D eigenvalue weighted by atomic mass is 19.4. The van der Waals surface area contributed by atoms with Crippen molar-refractivity contribution in [1.29, 1.82) is 0 Å². The summed E-state index contributed by atoms with van der Waals surface area (Å²) in [5, 5.41) is 4.71. The molecule has 0 aromatic carbocycles. The Morgan fingerprint density at radius 3 is 2.77 bits per heavy atom. The van der Waals surface area contributed by atoms with E-state index in [9.17, 15) is 22.8 Å². The summed E-state index contributed by atoms with van der Waals surface area (Å²) >= 11 is 0. The Labute approximate surface area is 229 Å². The van der Waals surface area contributed by atoms with Crippen molar-refractivity contribution in [3.63, 3.8) is 0 Å². The second kappa shape index (κ2) is 10.4. The lowest BCUT2D eigenvalue weighted by Crippen LogP contribution is -2.49. The molecule has 0 spiro atoms. The van der Waals surface area contributed by atoms with Gasteiger partial charge in [0.25, 0.3) is 5.91 Å². The number of fused-ring (bicyclic) bond motifs is 4. The van der Waals surface area contributed by atoms with Crippen molar-refractivity contribution in [3.8, 4) is 5.75 Å². The van der Waals surface area contributed by atoms with Gasteiger partial charge in [-0.1, -0.05) is 0 Å². The highest BCUT2D eigenvalue weighted by Gasteiger charge is 2.42. The van der Waals surface area contributed by atoms with Crippen molar-refractivity contribution in [2.24, 2.45) is 0 Å².